The predicted octanol–water partition coefficient (Wildman–Crippen LogP) is 4.23. The molecule has 3 heterocycles. The standard InChI is InChI=1S/C18H12N2O2S2/c21-17-16(24-18(23)20(17)11-13-4-3-9-22-13)10-12-7-8-19-15-6-2-1-5-14(12)15/h1-10H,11H2. The van der Waals surface area contributed by atoms with E-state index in [2.05, 4.69) is 4.98 Å². The van der Waals surface area contributed by atoms with E-state index in [0.29, 0.717) is 21.5 Å². The Kier molecular flexibility index (Phi) is 3.92. The molecule has 0 radical (unpaired) electrons. The van der Waals surface area contributed by atoms with Crippen molar-refractivity contribution in [1.29, 1.82) is 0 Å². The molecule has 4 nitrogen and oxygen atoms in total. The van der Waals surface area contributed by atoms with Gasteiger partial charge in [-0.2, -0.15) is 0 Å². The van der Waals surface area contributed by atoms with Gasteiger partial charge in [0, 0.05) is 11.6 Å². The van der Waals surface area contributed by atoms with Crippen molar-refractivity contribution in [1.82, 2.24) is 9.88 Å². The van der Waals surface area contributed by atoms with Crippen LogP contribution in [0.2, 0.25) is 0 Å². The van der Waals surface area contributed by atoms with Crippen LogP contribution in [-0.4, -0.2) is 20.1 Å². The fourth-order valence-corrected chi connectivity index (χ4v) is 3.83. The number of furan rings is 1. The van der Waals surface area contributed by atoms with Crippen LogP contribution in [0.15, 0.2) is 64.2 Å². The summed E-state index contributed by atoms with van der Waals surface area (Å²) in [5.74, 6) is 0.615. The molecule has 3 aromatic rings. The molecule has 2 aromatic heterocycles. The van der Waals surface area contributed by atoms with Gasteiger partial charge in [-0.25, -0.2) is 0 Å². The highest BCUT2D eigenvalue weighted by atomic mass is 32.2. The number of hydrogen-bond acceptors (Lipinski definition) is 5. The Morgan fingerprint density at radius 2 is 2.08 bits per heavy atom. The van der Waals surface area contributed by atoms with Gasteiger partial charge in [0.25, 0.3) is 5.91 Å². The van der Waals surface area contributed by atoms with Crippen LogP contribution in [0.4, 0.5) is 0 Å². The summed E-state index contributed by atoms with van der Waals surface area (Å²) in [5, 5.41) is 1.01. The van der Waals surface area contributed by atoms with Gasteiger partial charge in [0.05, 0.1) is 23.2 Å². The molecule has 1 amide bonds. The van der Waals surface area contributed by atoms with Gasteiger partial charge in [0.1, 0.15) is 10.1 Å². The molecule has 4 rings (SSSR count). The third-order valence-corrected chi connectivity index (χ3v) is 5.11. The summed E-state index contributed by atoms with van der Waals surface area (Å²) in [6, 6.07) is 13.4. The molecule has 1 aliphatic heterocycles. The summed E-state index contributed by atoms with van der Waals surface area (Å²) in [4.78, 5) is 19.2. The van der Waals surface area contributed by atoms with Crippen molar-refractivity contribution in [2.45, 2.75) is 6.54 Å². The molecule has 1 fully saturated rings. The first-order chi connectivity index (χ1) is 11.7. The molecule has 0 atom stereocenters. The molecule has 6 heteroatoms. The van der Waals surface area contributed by atoms with Crippen molar-refractivity contribution in [3.8, 4) is 0 Å². The van der Waals surface area contributed by atoms with Crippen LogP contribution in [0.5, 0.6) is 0 Å². The van der Waals surface area contributed by atoms with Crippen molar-refractivity contribution < 1.29 is 9.21 Å². The Morgan fingerprint density at radius 1 is 1.21 bits per heavy atom. The van der Waals surface area contributed by atoms with Crippen molar-refractivity contribution in [2.24, 2.45) is 0 Å². The van der Waals surface area contributed by atoms with E-state index in [1.165, 1.54) is 11.8 Å². The number of nitrogens with zero attached hydrogens (tertiary/aromatic N) is 2. The third-order valence-electron chi connectivity index (χ3n) is 3.74. The average Bonchev–Trinajstić information content (AvgIpc) is 3.20. The minimum absolute atomic E-state index is 0.0951. The Hall–Kier alpha value is -2.44. The number of rotatable bonds is 3. The quantitative estimate of drug-likeness (QED) is 0.521. The fourth-order valence-electron chi connectivity index (χ4n) is 2.58. The van der Waals surface area contributed by atoms with Gasteiger partial charge in [0.2, 0.25) is 0 Å². The molecule has 0 N–H and O–H groups in total. The fraction of sp³-hybridized carbons (Fsp3) is 0.0556. The number of amides is 1. The minimum atomic E-state index is -0.0951. The lowest BCUT2D eigenvalue weighted by molar-refractivity contribution is -0.122. The zero-order chi connectivity index (χ0) is 16.5. The van der Waals surface area contributed by atoms with Gasteiger partial charge >= 0.3 is 0 Å². The second kappa shape index (κ2) is 6.22. The van der Waals surface area contributed by atoms with Crippen LogP contribution >= 0.6 is 24.0 Å². The second-order valence-corrected chi connectivity index (χ2v) is 6.94. The van der Waals surface area contributed by atoms with Crippen LogP contribution in [0.3, 0.4) is 0 Å². The van der Waals surface area contributed by atoms with E-state index < -0.39 is 0 Å². The number of benzene rings is 1. The first-order valence-electron chi connectivity index (χ1n) is 7.34. The van der Waals surface area contributed by atoms with Crippen molar-refractivity contribution in [3.63, 3.8) is 0 Å². The Balaban J connectivity index is 1.68. The molecule has 0 unspecified atom stereocenters. The van der Waals surface area contributed by atoms with Crippen molar-refractivity contribution in [3.05, 3.63) is 71.2 Å². The van der Waals surface area contributed by atoms with Gasteiger partial charge in [-0.05, 0) is 35.9 Å². The number of thiocarbonyl (C=S) groups is 1. The molecule has 0 aliphatic carbocycles. The van der Waals surface area contributed by atoms with Crippen LogP contribution in [-0.2, 0) is 11.3 Å². The number of aromatic nitrogens is 1. The minimum Gasteiger partial charge on any atom is -0.467 e. The summed E-state index contributed by atoms with van der Waals surface area (Å²) in [5.41, 5.74) is 1.86. The first kappa shape index (κ1) is 15.1. The number of carbonyl (C=O) groups is 1. The number of carbonyl (C=O) groups excluding carboxylic acids is 1. The maximum absolute atomic E-state index is 12.7. The SMILES string of the molecule is O=C1C(=Cc2ccnc3ccccc23)SC(=S)N1Cc1ccco1. The largest absolute Gasteiger partial charge is 0.467 e. The molecule has 1 aromatic carbocycles. The van der Waals surface area contributed by atoms with Crippen molar-refractivity contribution in [2.75, 3.05) is 0 Å². The molecule has 0 spiro atoms. The zero-order valence-electron chi connectivity index (χ0n) is 12.5. The highest BCUT2D eigenvalue weighted by Crippen LogP contribution is 2.34. The normalized spacial score (nSPS) is 16.5. The smallest absolute Gasteiger partial charge is 0.266 e. The highest BCUT2D eigenvalue weighted by molar-refractivity contribution is 8.26. The molecule has 0 saturated carbocycles. The Bertz CT molecular complexity index is 959. The van der Waals surface area contributed by atoms with E-state index in [0.717, 1.165) is 16.5 Å². The number of pyridine rings is 1. The van der Waals surface area contributed by atoms with Gasteiger partial charge in [0.15, 0.2) is 0 Å². The maximum Gasteiger partial charge on any atom is 0.266 e. The molecule has 1 saturated heterocycles. The van der Waals surface area contributed by atoms with Crippen LogP contribution in [0.25, 0.3) is 17.0 Å². The van der Waals surface area contributed by atoms with Gasteiger partial charge in [-0.1, -0.05) is 42.2 Å². The molecular weight excluding hydrogens is 340 g/mol. The summed E-state index contributed by atoms with van der Waals surface area (Å²) in [6.07, 6.45) is 5.22. The number of thioether (sulfide) groups is 1. The topological polar surface area (TPSA) is 46.3 Å². The lowest BCUT2D eigenvalue weighted by Gasteiger charge is -2.12. The van der Waals surface area contributed by atoms with Crippen LogP contribution in [0.1, 0.15) is 11.3 Å². The summed E-state index contributed by atoms with van der Waals surface area (Å²) < 4.78 is 5.86. The summed E-state index contributed by atoms with van der Waals surface area (Å²) >= 11 is 6.67. The number of hydrogen-bond donors (Lipinski definition) is 0. The maximum atomic E-state index is 12.7. The molecule has 24 heavy (non-hydrogen) atoms. The average molecular weight is 352 g/mol. The first-order valence-corrected chi connectivity index (χ1v) is 8.56. The lowest BCUT2D eigenvalue weighted by atomic mass is 10.1. The highest BCUT2D eigenvalue weighted by Gasteiger charge is 2.32. The number of fused-ring (bicyclic) bond motifs is 1. The molecule has 1 aliphatic rings. The molecule has 0 bridgehead atoms. The van der Waals surface area contributed by atoms with E-state index in [-0.39, 0.29) is 5.91 Å². The van der Waals surface area contributed by atoms with Crippen LogP contribution in [0, 0.1) is 0 Å². The zero-order valence-corrected chi connectivity index (χ0v) is 14.1. The second-order valence-electron chi connectivity index (χ2n) is 5.26. The van der Waals surface area contributed by atoms with Gasteiger partial charge < -0.3 is 4.42 Å². The van der Waals surface area contributed by atoms with E-state index in [1.807, 2.05) is 42.5 Å². The lowest BCUT2D eigenvalue weighted by Crippen LogP contribution is -2.27. The molecule has 118 valence electrons. The summed E-state index contributed by atoms with van der Waals surface area (Å²) in [7, 11) is 0. The summed E-state index contributed by atoms with van der Waals surface area (Å²) in [6.45, 7) is 0.353. The third kappa shape index (κ3) is 2.74. The van der Waals surface area contributed by atoms with E-state index in [1.54, 1.807) is 23.4 Å². The Morgan fingerprint density at radius 3 is 2.92 bits per heavy atom. The molecular formula is C18H12N2O2S2. The van der Waals surface area contributed by atoms with E-state index in [9.17, 15) is 4.79 Å². The Labute approximate surface area is 148 Å². The monoisotopic (exact) mass is 352 g/mol. The van der Waals surface area contributed by atoms with Crippen LogP contribution < -0.4 is 0 Å². The van der Waals surface area contributed by atoms with Gasteiger partial charge in [-0.3, -0.25) is 14.7 Å². The van der Waals surface area contributed by atoms with Gasteiger partial charge in [-0.15, -0.1) is 0 Å². The van der Waals surface area contributed by atoms with E-state index in [4.69, 9.17) is 16.6 Å². The van der Waals surface area contributed by atoms with E-state index >= 15 is 0 Å². The van der Waals surface area contributed by atoms with Crippen molar-refractivity contribution >= 4 is 51.2 Å². The number of para-hydroxylation sites is 1. The predicted molar refractivity (Wildman–Crippen MR) is 99.2 cm³/mol.